The van der Waals surface area contributed by atoms with E-state index in [2.05, 4.69) is 41.2 Å². The number of nitrogens with zero attached hydrogens (tertiary/aromatic N) is 3. The van der Waals surface area contributed by atoms with Crippen molar-refractivity contribution in [3.63, 3.8) is 0 Å². The summed E-state index contributed by atoms with van der Waals surface area (Å²) in [6.07, 6.45) is 0. The molecule has 0 spiro atoms. The fourth-order valence-electron chi connectivity index (χ4n) is 1.25. The predicted molar refractivity (Wildman–Crippen MR) is 67.6 cm³/mol. The quantitative estimate of drug-likeness (QED) is 0.798. The van der Waals surface area contributed by atoms with Gasteiger partial charge in [-0.2, -0.15) is 0 Å². The van der Waals surface area contributed by atoms with Gasteiger partial charge in [0, 0.05) is 18.2 Å². The van der Waals surface area contributed by atoms with Crippen molar-refractivity contribution in [1.29, 1.82) is 0 Å². The Hall–Kier alpha value is -1.36. The highest BCUT2D eigenvalue weighted by Gasteiger charge is 2.08. The van der Waals surface area contributed by atoms with Crippen molar-refractivity contribution in [2.45, 2.75) is 26.8 Å². The van der Waals surface area contributed by atoms with Gasteiger partial charge in [-0.05, 0) is 34.9 Å². The zero-order valence-corrected chi connectivity index (χ0v) is 10.7. The van der Waals surface area contributed by atoms with Crippen LogP contribution in [0.25, 0.3) is 0 Å². The lowest BCUT2D eigenvalue weighted by molar-refractivity contribution is 0.326. The third-order valence-electron chi connectivity index (χ3n) is 2.74. The first-order valence-electron chi connectivity index (χ1n) is 5.42. The summed E-state index contributed by atoms with van der Waals surface area (Å²) in [4.78, 5) is 10.6. The molecule has 1 unspecified atom stereocenters. The molecule has 3 N–H and O–H groups in total. The van der Waals surface area contributed by atoms with E-state index in [0.29, 0.717) is 17.7 Å². The van der Waals surface area contributed by atoms with E-state index >= 15 is 0 Å². The van der Waals surface area contributed by atoms with Gasteiger partial charge in [0.25, 0.3) is 0 Å². The number of hydrogen-bond donors (Lipinski definition) is 2. The summed E-state index contributed by atoms with van der Waals surface area (Å²) >= 11 is 0. The highest BCUT2D eigenvalue weighted by atomic mass is 15.1. The maximum Gasteiger partial charge on any atom is 0.134 e. The first-order valence-corrected chi connectivity index (χ1v) is 5.42. The van der Waals surface area contributed by atoms with Crippen molar-refractivity contribution in [2.75, 3.05) is 31.7 Å². The van der Waals surface area contributed by atoms with E-state index in [4.69, 9.17) is 5.73 Å². The summed E-state index contributed by atoms with van der Waals surface area (Å²) in [5, 5.41) is 3.30. The Morgan fingerprint density at radius 1 is 1.31 bits per heavy atom. The molecule has 90 valence electrons. The Morgan fingerprint density at radius 2 is 1.94 bits per heavy atom. The second kappa shape index (κ2) is 5.12. The van der Waals surface area contributed by atoms with Crippen LogP contribution in [0, 0.1) is 13.8 Å². The van der Waals surface area contributed by atoms with Gasteiger partial charge in [-0.3, -0.25) is 0 Å². The normalized spacial score (nSPS) is 12.9. The molecule has 0 amide bonds. The average Bonchev–Trinajstić information content (AvgIpc) is 2.20. The molecular formula is C11H21N5. The van der Waals surface area contributed by atoms with Crippen molar-refractivity contribution >= 4 is 11.6 Å². The topological polar surface area (TPSA) is 67.1 Å². The summed E-state index contributed by atoms with van der Waals surface area (Å²) in [6.45, 7) is 6.76. The first kappa shape index (κ1) is 12.7. The number of nitrogen functional groups attached to an aromatic ring is 1. The minimum absolute atomic E-state index is 0.441. The minimum Gasteiger partial charge on any atom is -0.383 e. The maximum atomic E-state index is 5.79. The molecule has 5 heteroatoms. The molecular weight excluding hydrogens is 202 g/mol. The van der Waals surface area contributed by atoms with Crippen molar-refractivity contribution in [3.8, 4) is 0 Å². The van der Waals surface area contributed by atoms with Crippen LogP contribution in [-0.4, -0.2) is 41.5 Å². The van der Waals surface area contributed by atoms with Crippen molar-refractivity contribution in [3.05, 3.63) is 11.4 Å². The van der Waals surface area contributed by atoms with Crippen molar-refractivity contribution in [1.82, 2.24) is 14.9 Å². The number of aromatic nitrogens is 2. The highest BCUT2D eigenvalue weighted by Crippen LogP contribution is 2.16. The fraction of sp³-hybridized carbons (Fsp3) is 0.636. The second-order valence-corrected chi connectivity index (χ2v) is 4.32. The monoisotopic (exact) mass is 223 g/mol. The van der Waals surface area contributed by atoms with Gasteiger partial charge < -0.3 is 16.0 Å². The van der Waals surface area contributed by atoms with E-state index in [1.54, 1.807) is 0 Å². The maximum absolute atomic E-state index is 5.79. The number of likely N-dealkylation sites (N-methyl/N-ethyl adjacent to an activating group) is 1. The number of aryl methyl sites for hydroxylation is 1. The molecule has 0 radical (unpaired) electrons. The lowest BCUT2D eigenvalue weighted by atomic mass is 10.2. The zero-order valence-electron chi connectivity index (χ0n) is 10.7. The largest absolute Gasteiger partial charge is 0.383 e. The van der Waals surface area contributed by atoms with Crippen LogP contribution in [0.3, 0.4) is 0 Å². The number of hydrogen-bond acceptors (Lipinski definition) is 5. The zero-order chi connectivity index (χ0) is 12.3. The number of nitrogens with two attached hydrogens (primary N) is 1. The van der Waals surface area contributed by atoms with Crippen molar-refractivity contribution in [2.24, 2.45) is 0 Å². The van der Waals surface area contributed by atoms with E-state index in [9.17, 15) is 0 Å². The molecule has 0 aliphatic heterocycles. The molecule has 0 saturated carbocycles. The Morgan fingerprint density at radius 3 is 2.50 bits per heavy atom. The second-order valence-electron chi connectivity index (χ2n) is 4.32. The summed E-state index contributed by atoms with van der Waals surface area (Å²) in [5.74, 6) is 2.08. The number of nitrogens with one attached hydrogen (secondary N) is 1. The molecule has 1 aromatic heterocycles. The van der Waals surface area contributed by atoms with Gasteiger partial charge in [0.1, 0.15) is 17.5 Å². The Bertz CT molecular complexity index is 362. The van der Waals surface area contributed by atoms with Crippen LogP contribution in [0.4, 0.5) is 11.6 Å². The van der Waals surface area contributed by atoms with Gasteiger partial charge in [0.05, 0.1) is 0 Å². The van der Waals surface area contributed by atoms with E-state index in [0.717, 1.165) is 17.9 Å². The molecule has 0 bridgehead atoms. The SMILES string of the molecule is Cc1nc(N)c(C)c(NCC(C)N(C)C)n1. The van der Waals surface area contributed by atoms with E-state index < -0.39 is 0 Å². The van der Waals surface area contributed by atoms with Gasteiger partial charge in [-0.25, -0.2) is 9.97 Å². The Labute approximate surface area is 97.1 Å². The van der Waals surface area contributed by atoms with Crippen LogP contribution in [-0.2, 0) is 0 Å². The smallest absolute Gasteiger partial charge is 0.134 e. The fourth-order valence-corrected chi connectivity index (χ4v) is 1.25. The van der Waals surface area contributed by atoms with Crippen LogP contribution in [0.1, 0.15) is 18.3 Å². The standard InChI is InChI=1S/C11H21N5/c1-7(16(4)5)6-13-11-8(2)10(12)14-9(3)15-11/h7H,6H2,1-5H3,(H3,12,13,14,15). The molecule has 1 heterocycles. The van der Waals surface area contributed by atoms with Crippen molar-refractivity contribution < 1.29 is 0 Å². The molecule has 0 aliphatic carbocycles. The lowest BCUT2D eigenvalue weighted by Gasteiger charge is -2.21. The molecule has 0 aliphatic rings. The summed E-state index contributed by atoms with van der Waals surface area (Å²) in [7, 11) is 4.11. The molecule has 0 aromatic carbocycles. The summed E-state index contributed by atoms with van der Waals surface area (Å²) in [5.41, 5.74) is 6.70. The third-order valence-corrected chi connectivity index (χ3v) is 2.74. The molecule has 5 nitrogen and oxygen atoms in total. The van der Waals surface area contributed by atoms with Gasteiger partial charge >= 0.3 is 0 Å². The molecule has 1 rings (SSSR count). The molecule has 16 heavy (non-hydrogen) atoms. The van der Waals surface area contributed by atoms with Crippen LogP contribution in [0.15, 0.2) is 0 Å². The van der Waals surface area contributed by atoms with E-state index in [-0.39, 0.29) is 0 Å². The van der Waals surface area contributed by atoms with Crippen LogP contribution in [0.5, 0.6) is 0 Å². The average molecular weight is 223 g/mol. The van der Waals surface area contributed by atoms with Crippen LogP contribution in [0.2, 0.25) is 0 Å². The summed E-state index contributed by atoms with van der Waals surface area (Å²) in [6, 6.07) is 0.441. The molecule has 1 aromatic rings. The van der Waals surface area contributed by atoms with Crippen LogP contribution < -0.4 is 11.1 Å². The van der Waals surface area contributed by atoms with Crippen LogP contribution >= 0.6 is 0 Å². The molecule has 0 fully saturated rings. The van der Waals surface area contributed by atoms with Gasteiger partial charge in [-0.1, -0.05) is 0 Å². The first-order chi connectivity index (χ1) is 7.41. The Balaban J connectivity index is 2.74. The predicted octanol–water partition coefficient (Wildman–Crippen LogP) is 1.04. The van der Waals surface area contributed by atoms with E-state index in [1.165, 1.54) is 0 Å². The summed E-state index contributed by atoms with van der Waals surface area (Å²) < 4.78 is 0. The van der Waals surface area contributed by atoms with Gasteiger partial charge in [-0.15, -0.1) is 0 Å². The molecule has 0 saturated heterocycles. The van der Waals surface area contributed by atoms with Gasteiger partial charge in [0.15, 0.2) is 0 Å². The van der Waals surface area contributed by atoms with Gasteiger partial charge in [0.2, 0.25) is 0 Å². The van der Waals surface area contributed by atoms with E-state index in [1.807, 2.05) is 13.8 Å². The minimum atomic E-state index is 0.441. The number of anilines is 2. The lowest BCUT2D eigenvalue weighted by Crippen LogP contribution is -2.32. The highest BCUT2D eigenvalue weighted by molar-refractivity contribution is 5.54. The Kier molecular flexibility index (Phi) is 4.06. The number of rotatable bonds is 4. The molecule has 1 atom stereocenters. The third kappa shape index (κ3) is 3.06.